The van der Waals surface area contributed by atoms with Crippen molar-refractivity contribution in [3.8, 4) is 0 Å². The molecule has 0 unspecified atom stereocenters. The Bertz CT molecular complexity index is 605. The van der Waals surface area contributed by atoms with Gasteiger partial charge in [0, 0.05) is 38.7 Å². The number of nitrogens with one attached hydrogen (secondary N) is 1. The van der Waals surface area contributed by atoms with Crippen LogP contribution in [0.5, 0.6) is 0 Å². The summed E-state index contributed by atoms with van der Waals surface area (Å²) in [4.78, 5) is 13.4. The molecular formula is C14H19N5O2. The number of carbonyl (C=O) groups excluding carboxylic acids is 1. The van der Waals surface area contributed by atoms with Crippen molar-refractivity contribution in [1.82, 2.24) is 25.2 Å². The Balaban J connectivity index is 1.73. The van der Waals surface area contributed by atoms with Crippen LogP contribution in [-0.4, -0.2) is 32.3 Å². The molecule has 1 amide bonds. The molecule has 1 aliphatic heterocycles. The minimum Gasteiger partial charge on any atom is -0.472 e. The number of aromatic nitrogens is 3. The minimum absolute atomic E-state index is 0.0550. The van der Waals surface area contributed by atoms with Crippen LogP contribution in [0.3, 0.4) is 0 Å². The van der Waals surface area contributed by atoms with E-state index >= 15 is 0 Å². The summed E-state index contributed by atoms with van der Waals surface area (Å²) in [6.45, 7) is 5.45. The van der Waals surface area contributed by atoms with Crippen LogP contribution < -0.4 is 5.32 Å². The molecule has 0 bridgehead atoms. The highest BCUT2D eigenvalue weighted by Crippen LogP contribution is 2.17. The molecule has 0 aromatic carbocycles. The molecule has 3 rings (SSSR count). The van der Waals surface area contributed by atoms with Gasteiger partial charge < -0.3 is 9.73 Å². The molecule has 0 fully saturated rings. The van der Waals surface area contributed by atoms with E-state index in [0.29, 0.717) is 6.54 Å². The Hall–Kier alpha value is -2.15. The second-order valence-electron chi connectivity index (χ2n) is 5.31. The van der Waals surface area contributed by atoms with Crippen molar-refractivity contribution in [2.45, 2.75) is 39.5 Å². The fraction of sp³-hybridized carbons (Fsp3) is 0.500. The van der Waals surface area contributed by atoms with Crippen molar-refractivity contribution in [3.63, 3.8) is 0 Å². The van der Waals surface area contributed by atoms with Crippen LogP contribution in [0.25, 0.3) is 0 Å². The summed E-state index contributed by atoms with van der Waals surface area (Å²) in [6, 6.07) is 1.98. The van der Waals surface area contributed by atoms with Gasteiger partial charge in [0.15, 0.2) is 0 Å². The molecule has 0 atom stereocenters. The van der Waals surface area contributed by atoms with Gasteiger partial charge in [-0.1, -0.05) is 5.21 Å². The van der Waals surface area contributed by atoms with Crippen LogP contribution in [0.1, 0.15) is 30.3 Å². The summed E-state index contributed by atoms with van der Waals surface area (Å²) in [5.41, 5.74) is 3.10. The maximum atomic E-state index is 11.1. The van der Waals surface area contributed by atoms with Gasteiger partial charge in [0.05, 0.1) is 24.8 Å². The van der Waals surface area contributed by atoms with Crippen LogP contribution in [0.2, 0.25) is 0 Å². The second-order valence-corrected chi connectivity index (χ2v) is 5.31. The second kappa shape index (κ2) is 6.09. The molecule has 112 valence electrons. The van der Waals surface area contributed by atoms with E-state index in [-0.39, 0.29) is 5.91 Å². The molecule has 0 saturated heterocycles. The Labute approximate surface area is 122 Å². The fourth-order valence-corrected chi connectivity index (χ4v) is 2.58. The maximum Gasteiger partial charge on any atom is 0.217 e. The van der Waals surface area contributed by atoms with Gasteiger partial charge in [-0.25, -0.2) is 4.68 Å². The third-order valence-corrected chi connectivity index (χ3v) is 3.63. The SMILES string of the molecule is CC(=O)NCc1nnn2c1CN(Cc1ccoc1)CCC2. The van der Waals surface area contributed by atoms with Crippen molar-refractivity contribution in [2.24, 2.45) is 0 Å². The van der Waals surface area contributed by atoms with Crippen molar-refractivity contribution in [2.75, 3.05) is 6.54 Å². The zero-order chi connectivity index (χ0) is 14.7. The van der Waals surface area contributed by atoms with Gasteiger partial charge >= 0.3 is 0 Å². The first kappa shape index (κ1) is 13.8. The van der Waals surface area contributed by atoms with Crippen LogP contribution >= 0.6 is 0 Å². The van der Waals surface area contributed by atoms with E-state index in [1.807, 2.05) is 10.7 Å². The molecular weight excluding hydrogens is 270 g/mol. The van der Waals surface area contributed by atoms with E-state index < -0.39 is 0 Å². The number of carbonyl (C=O) groups is 1. The van der Waals surface area contributed by atoms with Gasteiger partial charge in [0.1, 0.15) is 5.69 Å². The highest BCUT2D eigenvalue weighted by atomic mass is 16.3. The average molecular weight is 289 g/mol. The normalized spacial score (nSPS) is 15.5. The first-order valence-electron chi connectivity index (χ1n) is 7.11. The Morgan fingerprint density at radius 3 is 3.14 bits per heavy atom. The maximum absolute atomic E-state index is 11.1. The quantitative estimate of drug-likeness (QED) is 0.905. The molecule has 1 aliphatic rings. The fourth-order valence-electron chi connectivity index (χ4n) is 2.58. The monoisotopic (exact) mass is 289 g/mol. The first-order valence-corrected chi connectivity index (χ1v) is 7.11. The third-order valence-electron chi connectivity index (χ3n) is 3.63. The predicted molar refractivity (Wildman–Crippen MR) is 75.0 cm³/mol. The number of hydrogen-bond acceptors (Lipinski definition) is 5. The summed E-state index contributed by atoms with van der Waals surface area (Å²) in [5.74, 6) is -0.0550. The first-order chi connectivity index (χ1) is 10.2. The van der Waals surface area contributed by atoms with E-state index in [1.165, 1.54) is 12.5 Å². The number of aryl methyl sites for hydroxylation is 1. The van der Waals surface area contributed by atoms with E-state index in [4.69, 9.17) is 4.42 Å². The van der Waals surface area contributed by atoms with Crippen LogP contribution in [0, 0.1) is 0 Å². The summed E-state index contributed by atoms with van der Waals surface area (Å²) >= 11 is 0. The van der Waals surface area contributed by atoms with E-state index in [2.05, 4.69) is 20.5 Å². The molecule has 0 aliphatic carbocycles. The van der Waals surface area contributed by atoms with E-state index in [9.17, 15) is 4.79 Å². The number of hydrogen-bond donors (Lipinski definition) is 1. The van der Waals surface area contributed by atoms with Crippen LogP contribution in [-0.2, 0) is 31.0 Å². The molecule has 0 radical (unpaired) electrons. The zero-order valence-electron chi connectivity index (χ0n) is 12.1. The molecule has 0 saturated carbocycles. The van der Waals surface area contributed by atoms with Gasteiger partial charge in [-0.2, -0.15) is 0 Å². The molecule has 2 aromatic heterocycles. The number of nitrogens with zero attached hydrogens (tertiary/aromatic N) is 4. The Kier molecular flexibility index (Phi) is 4.01. The highest BCUT2D eigenvalue weighted by molar-refractivity contribution is 5.72. The predicted octanol–water partition coefficient (Wildman–Crippen LogP) is 0.913. The van der Waals surface area contributed by atoms with Crippen molar-refractivity contribution < 1.29 is 9.21 Å². The lowest BCUT2D eigenvalue weighted by molar-refractivity contribution is -0.119. The molecule has 1 N–H and O–H groups in total. The Morgan fingerprint density at radius 1 is 1.48 bits per heavy atom. The standard InChI is InChI=1S/C14H19N5O2/c1-11(20)15-7-13-14-9-18(8-12-3-6-21-10-12)4-2-5-19(14)17-16-13/h3,6,10H,2,4-5,7-9H2,1H3,(H,15,20). The molecule has 3 heterocycles. The van der Waals surface area contributed by atoms with Gasteiger partial charge in [-0.05, 0) is 12.5 Å². The smallest absolute Gasteiger partial charge is 0.217 e. The van der Waals surface area contributed by atoms with Crippen molar-refractivity contribution in [3.05, 3.63) is 35.5 Å². The largest absolute Gasteiger partial charge is 0.472 e. The third kappa shape index (κ3) is 3.30. The van der Waals surface area contributed by atoms with E-state index in [0.717, 1.165) is 44.0 Å². The molecule has 2 aromatic rings. The number of fused-ring (bicyclic) bond motifs is 1. The lowest BCUT2D eigenvalue weighted by Gasteiger charge is -2.18. The van der Waals surface area contributed by atoms with E-state index in [1.54, 1.807) is 12.5 Å². The molecule has 21 heavy (non-hydrogen) atoms. The zero-order valence-corrected chi connectivity index (χ0v) is 12.1. The summed E-state index contributed by atoms with van der Waals surface area (Å²) < 4.78 is 7.08. The summed E-state index contributed by atoms with van der Waals surface area (Å²) in [7, 11) is 0. The van der Waals surface area contributed by atoms with Gasteiger partial charge in [-0.3, -0.25) is 9.69 Å². The minimum atomic E-state index is -0.0550. The topological polar surface area (TPSA) is 76.2 Å². The lowest BCUT2D eigenvalue weighted by atomic mass is 10.2. The molecule has 7 nitrogen and oxygen atoms in total. The lowest BCUT2D eigenvalue weighted by Crippen LogP contribution is -2.24. The van der Waals surface area contributed by atoms with Crippen LogP contribution in [0.15, 0.2) is 23.0 Å². The van der Waals surface area contributed by atoms with Gasteiger partial charge in [0.25, 0.3) is 0 Å². The van der Waals surface area contributed by atoms with Crippen molar-refractivity contribution in [1.29, 1.82) is 0 Å². The number of amides is 1. The average Bonchev–Trinajstić information content (AvgIpc) is 3.03. The van der Waals surface area contributed by atoms with Crippen LogP contribution in [0.4, 0.5) is 0 Å². The number of furan rings is 1. The summed E-state index contributed by atoms with van der Waals surface area (Å²) in [6.07, 6.45) is 4.51. The van der Waals surface area contributed by atoms with Crippen molar-refractivity contribution >= 4 is 5.91 Å². The van der Waals surface area contributed by atoms with Gasteiger partial charge in [-0.15, -0.1) is 5.10 Å². The highest BCUT2D eigenvalue weighted by Gasteiger charge is 2.20. The van der Waals surface area contributed by atoms with Gasteiger partial charge in [0.2, 0.25) is 5.91 Å². The Morgan fingerprint density at radius 2 is 2.38 bits per heavy atom. The molecule has 7 heteroatoms. The molecule has 0 spiro atoms. The number of rotatable bonds is 4. The summed E-state index contributed by atoms with van der Waals surface area (Å²) in [5, 5.41) is 11.2.